The van der Waals surface area contributed by atoms with Crippen molar-refractivity contribution >= 4 is 66.9 Å². The van der Waals surface area contributed by atoms with Gasteiger partial charge in [-0.2, -0.15) is 0 Å². The van der Waals surface area contributed by atoms with E-state index >= 15 is 0 Å². The zero-order valence-corrected chi connectivity index (χ0v) is 67.1. The van der Waals surface area contributed by atoms with Gasteiger partial charge in [0.15, 0.2) is 23.3 Å². The molecule has 0 fully saturated rings. The van der Waals surface area contributed by atoms with Gasteiger partial charge in [0, 0.05) is 125 Å². The second kappa shape index (κ2) is 42.1. The molecule has 0 saturated heterocycles. The van der Waals surface area contributed by atoms with Crippen molar-refractivity contribution in [3.8, 4) is 91.5 Å². The van der Waals surface area contributed by atoms with Gasteiger partial charge in [0.25, 0.3) is 0 Å². The molecule has 3 aromatic heterocycles. The van der Waals surface area contributed by atoms with Gasteiger partial charge in [-0.1, -0.05) is 72.8 Å². The van der Waals surface area contributed by atoms with Gasteiger partial charge in [0.05, 0.1) is 128 Å². The minimum Gasteiger partial charge on any atom is -0.491 e. The number of nitrogens with zero attached hydrogens (tertiary/aromatic N) is 10. The van der Waals surface area contributed by atoms with Gasteiger partial charge in [0.1, 0.15) is 121 Å². The number of hydrogen-bond acceptors (Lipinski definition) is 26. The van der Waals surface area contributed by atoms with Gasteiger partial charge in [-0.3, -0.25) is 0 Å². The first kappa shape index (κ1) is 82.4. The number of H-pyrrole nitrogens is 2. The maximum absolute atomic E-state index is 6.64. The normalized spacial score (nSPS) is 11.5. The largest absolute Gasteiger partial charge is 0.491 e. The number of rotatable bonds is 48. The molecular formula is C88H102N12O16. The molecule has 2 N–H and O–H groups in total. The summed E-state index contributed by atoms with van der Waals surface area (Å²) in [4.78, 5) is 47.5. The maximum atomic E-state index is 6.64. The number of aromatic nitrogens is 8. The van der Waals surface area contributed by atoms with Crippen molar-refractivity contribution in [3.05, 3.63) is 170 Å². The van der Waals surface area contributed by atoms with Crippen LogP contribution in [-0.4, -0.2) is 255 Å². The third-order valence-electron chi connectivity index (χ3n) is 18.5. The molecule has 0 unspecified atom stereocenters. The zero-order chi connectivity index (χ0) is 80.2. The van der Waals surface area contributed by atoms with Crippen LogP contribution in [0.25, 0.3) is 89.7 Å². The molecular weight excluding hydrogens is 1480 g/mol. The SMILES string of the molecule is CN(C)c1cccc(OCCOCCOCCOc2cccc3c2-c2nc-3nc3[nH]c(nc4nc(nc5[nH]c(n2)c2cccc(OCCOCCOCCOc6cccc(N(C)C)c6)c52)-c2cccc(OCCOCCOCCOc5cccc(N(C)C)c5)c2-4)c2cccc(OCCOCCOCCOc4cccc(N(C)C)c4)c32)c1. The highest BCUT2D eigenvalue weighted by atomic mass is 16.6. The highest BCUT2D eigenvalue weighted by molar-refractivity contribution is 6.10. The molecule has 28 heteroatoms. The molecule has 0 aliphatic carbocycles. The Labute approximate surface area is 675 Å². The first-order chi connectivity index (χ1) is 56.9. The van der Waals surface area contributed by atoms with Crippen molar-refractivity contribution in [1.29, 1.82) is 0 Å². The van der Waals surface area contributed by atoms with Gasteiger partial charge < -0.3 is 105 Å². The molecule has 8 aromatic carbocycles. The Morgan fingerprint density at radius 3 is 0.767 bits per heavy atom. The lowest BCUT2D eigenvalue weighted by Gasteiger charge is -2.14. The summed E-state index contributed by atoms with van der Waals surface area (Å²) in [5, 5.41) is 2.64. The molecule has 116 heavy (non-hydrogen) atoms. The predicted octanol–water partition coefficient (Wildman–Crippen LogP) is 13.1. The maximum Gasteiger partial charge on any atom is 0.168 e. The van der Waals surface area contributed by atoms with Crippen molar-refractivity contribution < 1.29 is 75.8 Å². The molecule has 0 amide bonds. The van der Waals surface area contributed by atoms with Crippen molar-refractivity contribution in [1.82, 2.24) is 39.9 Å². The summed E-state index contributed by atoms with van der Waals surface area (Å²) in [6.45, 7) is 7.93. The first-order valence-electron chi connectivity index (χ1n) is 39.0. The smallest absolute Gasteiger partial charge is 0.168 e. The van der Waals surface area contributed by atoms with Crippen LogP contribution in [0.3, 0.4) is 0 Å². The van der Waals surface area contributed by atoms with Crippen LogP contribution in [-0.2, 0) is 37.9 Å². The minimum absolute atomic E-state index is 0.199. The van der Waals surface area contributed by atoms with Crippen LogP contribution >= 0.6 is 0 Å². The molecule has 11 aromatic rings. The quantitative estimate of drug-likeness (QED) is 0.0335. The van der Waals surface area contributed by atoms with E-state index in [9.17, 15) is 0 Å². The first-order valence-corrected chi connectivity index (χ1v) is 39.0. The highest BCUT2D eigenvalue weighted by Gasteiger charge is 2.28. The second-order valence-corrected chi connectivity index (χ2v) is 27.6. The Balaban J connectivity index is 0.775. The lowest BCUT2D eigenvalue weighted by atomic mass is 10.1. The van der Waals surface area contributed by atoms with Gasteiger partial charge >= 0.3 is 0 Å². The summed E-state index contributed by atoms with van der Waals surface area (Å²) in [5.74, 6) is 6.50. The summed E-state index contributed by atoms with van der Waals surface area (Å²) >= 11 is 0. The monoisotopic (exact) mass is 1580 g/mol. The van der Waals surface area contributed by atoms with Gasteiger partial charge in [-0.25, -0.2) is 29.9 Å². The molecule has 0 atom stereocenters. The fourth-order valence-electron chi connectivity index (χ4n) is 12.7. The molecule has 28 nitrogen and oxygen atoms in total. The predicted molar refractivity (Wildman–Crippen MR) is 450 cm³/mol. The molecule has 8 bridgehead atoms. The van der Waals surface area contributed by atoms with E-state index in [0.29, 0.717) is 218 Å². The van der Waals surface area contributed by atoms with Crippen LogP contribution in [0.5, 0.6) is 46.0 Å². The molecule has 2 aliphatic rings. The molecule has 5 heterocycles. The standard InChI is InChI=1S/C88H102N12O16/c1-97(2)61-17-9-21-65(57-61)109-49-41-101-33-37-105-45-53-113-73-29-13-25-69-77(73)85-89-81(69)94-86-79-71(27-15-31-75(79)115-55-47-107-39-35-103-43-51-111-67-23-11-19-63(59-67)99(5)6)83(91-86)96-88-80-72(28-16-32-76(80)116-56-48-108-40-36-104-44-52-112-68-24-12-20-64(60-68)100(7)8)84(92-88)95-87-78-70(82(90-87)93-85)26-14-30-74(78)114-54-46-106-38-34-102-42-50-110-66-22-10-18-62(58-66)98(3)4/h9-32,57-60H,33-56H2,1-8H3,(H2,89,90,91,92,93,94,95,96). The van der Waals surface area contributed by atoms with Crippen LogP contribution in [0.2, 0.25) is 0 Å². The number of fused-ring (bicyclic) bond motifs is 20. The minimum atomic E-state index is 0.199. The summed E-state index contributed by atoms with van der Waals surface area (Å²) in [6, 6.07) is 54.8. The summed E-state index contributed by atoms with van der Waals surface area (Å²) in [5.41, 5.74) is 8.41. The number of aromatic amines is 2. The van der Waals surface area contributed by atoms with E-state index in [1.54, 1.807) is 0 Å². The van der Waals surface area contributed by atoms with E-state index in [-0.39, 0.29) is 52.9 Å². The van der Waals surface area contributed by atoms with Crippen molar-refractivity contribution in [2.24, 2.45) is 0 Å². The van der Waals surface area contributed by atoms with E-state index in [0.717, 1.165) is 45.7 Å². The zero-order valence-electron chi connectivity index (χ0n) is 67.1. The summed E-state index contributed by atoms with van der Waals surface area (Å²) in [6.07, 6.45) is 0. The van der Waals surface area contributed by atoms with Crippen molar-refractivity contribution in [2.75, 3.05) is 235 Å². The molecule has 13 rings (SSSR count). The van der Waals surface area contributed by atoms with Crippen molar-refractivity contribution in [2.45, 2.75) is 0 Å². The van der Waals surface area contributed by atoms with Crippen molar-refractivity contribution in [3.63, 3.8) is 0 Å². The number of benzene rings is 8. The Hall–Kier alpha value is -11.6. The van der Waals surface area contributed by atoms with Crippen LogP contribution in [0.1, 0.15) is 0 Å². The number of ether oxygens (including phenoxy) is 16. The summed E-state index contributed by atoms with van der Waals surface area (Å²) < 4.78 is 98.0. The van der Waals surface area contributed by atoms with Crippen LogP contribution in [0, 0.1) is 0 Å². The fourth-order valence-corrected chi connectivity index (χ4v) is 12.7. The number of nitrogens with one attached hydrogen (secondary N) is 2. The Morgan fingerprint density at radius 2 is 0.474 bits per heavy atom. The van der Waals surface area contributed by atoms with Crippen LogP contribution < -0.4 is 57.5 Å². The highest BCUT2D eigenvalue weighted by Crippen LogP contribution is 2.45. The second-order valence-electron chi connectivity index (χ2n) is 27.6. The average Bonchev–Trinajstić information content (AvgIpc) is 1.59. The number of anilines is 4. The Bertz CT molecular complexity index is 4860. The third kappa shape index (κ3) is 22.5. The topological polar surface area (TPSA) is 270 Å². The van der Waals surface area contributed by atoms with E-state index < -0.39 is 0 Å². The van der Waals surface area contributed by atoms with Gasteiger partial charge in [-0.15, -0.1) is 0 Å². The van der Waals surface area contributed by atoms with E-state index in [4.69, 9.17) is 106 Å². The van der Waals surface area contributed by atoms with Gasteiger partial charge in [0.2, 0.25) is 0 Å². The fraction of sp³-hybridized carbons (Fsp3) is 0.364. The molecule has 2 aliphatic heterocycles. The van der Waals surface area contributed by atoms with E-state index in [2.05, 4.69) is 9.97 Å². The third-order valence-corrected chi connectivity index (χ3v) is 18.5. The number of hydrogen-bond donors (Lipinski definition) is 2. The van der Waals surface area contributed by atoms with Crippen LogP contribution in [0.15, 0.2) is 170 Å². The molecule has 0 saturated carbocycles. The van der Waals surface area contributed by atoms with Gasteiger partial charge in [-0.05, 0) is 72.8 Å². The van der Waals surface area contributed by atoms with Crippen LogP contribution in [0.4, 0.5) is 22.7 Å². The Morgan fingerprint density at radius 1 is 0.233 bits per heavy atom. The van der Waals surface area contributed by atoms with E-state index in [1.807, 2.05) is 246 Å². The summed E-state index contributed by atoms with van der Waals surface area (Å²) in [7, 11) is 16.0. The van der Waals surface area contributed by atoms with E-state index in [1.165, 1.54) is 0 Å². The average molecular weight is 1580 g/mol. The molecule has 0 radical (unpaired) electrons. The lowest BCUT2D eigenvalue weighted by Crippen LogP contribution is -2.14. The Kier molecular flexibility index (Phi) is 29.9. The molecule has 0 spiro atoms. The lowest BCUT2D eigenvalue weighted by molar-refractivity contribution is 0.0274. The molecule has 610 valence electrons.